The van der Waals surface area contributed by atoms with Crippen molar-refractivity contribution >= 4 is 5.97 Å². The maximum Gasteiger partial charge on any atom is 0.573 e. The second kappa shape index (κ2) is 5.31. The number of hydrogen-bond donors (Lipinski definition) is 2. The van der Waals surface area contributed by atoms with E-state index in [1.54, 1.807) is 0 Å². The Balaban J connectivity index is 2.43. The van der Waals surface area contributed by atoms with Gasteiger partial charge in [-0.25, -0.2) is 4.79 Å². The molecule has 2 N–H and O–H groups in total. The van der Waals surface area contributed by atoms with Gasteiger partial charge in [0.25, 0.3) is 5.56 Å². The predicted octanol–water partition coefficient (Wildman–Crippen LogP) is 2.64. The molecular formula is C13H8F3NO4. The quantitative estimate of drug-likeness (QED) is 0.913. The van der Waals surface area contributed by atoms with Crippen LogP contribution in [0.15, 0.2) is 41.3 Å². The molecule has 2 rings (SSSR count). The zero-order valence-electron chi connectivity index (χ0n) is 10.3. The van der Waals surface area contributed by atoms with Crippen molar-refractivity contribution in [1.82, 2.24) is 4.98 Å². The summed E-state index contributed by atoms with van der Waals surface area (Å²) in [6, 6.07) is 6.06. The zero-order chi connectivity index (χ0) is 15.6. The van der Waals surface area contributed by atoms with E-state index in [1.165, 1.54) is 18.3 Å². The summed E-state index contributed by atoms with van der Waals surface area (Å²) in [4.78, 5) is 24.4. The lowest BCUT2D eigenvalue weighted by atomic mass is 10.1. The number of aromatic nitrogens is 1. The van der Waals surface area contributed by atoms with E-state index in [-0.39, 0.29) is 11.1 Å². The van der Waals surface area contributed by atoms with Gasteiger partial charge in [0.1, 0.15) is 11.3 Å². The van der Waals surface area contributed by atoms with Crippen molar-refractivity contribution < 1.29 is 27.8 Å². The van der Waals surface area contributed by atoms with Crippen LogP contribution in [-0.2, 0) is 0 Å². The minimum atomic E-state index is -4.82. The van der Waals surface area contributed by atoms with E-state index < -0.39 is 29.2 Å². The maximum atomic E-state index is 12.2. The molecule has 0 radical (unpaired) electrons. The summed E-state index contributed by atoms with van der Waals surface area (Å²) in [6.45, 7) is 0. The van der Waals surface area contributed by atoms with Crippen molar-refractivity contribution in [3.05, 3.63) is 52.4 Å². The van der Waals surface area contributed by atoms with Crippen molar-refractivity contribution in [2.24, 2.45) is 0 Å². The number of halogens is 3. The van der Waals surface area contributed by atoms with Crippen molar-refractivity contribution in [3.63, 3.8) is 0 Å². The van der Waals surface area contributed by atoms with Gasteiger partial charge in [0.05, 0.1) is 0 Å². The first-order chi connectivity index (χ1) is 9.76. The van der Waals surface area contributed by atoms with Crippen molar-refractivity contribution in [2.75, 3.05) is 0 Å². The number of ether oxygens (including phenoxy) is 1. The van der Waals surface area contributed by atoms with Gasteiger partial charge in [-0.1, -0.05) is 12.1 Å². The fourth-order valence-corrected chi connectivity index (χ4v) is 1.68. The van der Waals surface area contributed by atoms with Crippen LogP contribution in [0.5, 0.6) is 5.75 Å². The van der Waals surface area contributed by atoms with E-state index in [2.05, 4.69) is 9.72 Å². The highest BCUT2D eigenvalue weighted by molar-refractivity contribution is 5.88. The minimum absolute atomic E-state index is 0.250. The van der Waals surface area contributed by atoms with Crippen LogP contribution >= 0.6 is 0 Å². The molecule has 0 atom stereocenters. The average Bonchev–Trinajstić information content (AvgIpc) is 2.37. The van der Waals surface area contributed by atoms with E-state index in [0.717, 1.165) is 18.2 Å². The summed E-state index contributed by atoms with van der Waals surface area (Å²) in [5, 5.41) is 8.85. The largest absolute Gasteiger partial charge is 0.573 e. The molecule has 21 heavy (non-hydrogen) atoms. The molecule has 0 fully saturated rings. The van der Waals surface area contributed by atoms with E-state index in [1.807, 2.05) is 0 Å². The van der Waals surface area contributed by atoms with Gasteiger partial charge in [0.2, 0.25) is 0 Å². The summed E-state index contributed by atoms with van der Waals surface area (Å²) >= 11 is 0. The smallest absolute Gasteiger partial charge is 0.477 e. The Morgan fingerprint density at radius 3 is 2.52 bits per heavy atom. The SMILES string of the molecule is O=C(O)c1cc(-c2cccc(OC(F)(F)F)c2)c[nH]c1=O. The first-order valence-corrected chi connectivity index (χ1v) is 5.58. The molecular weight excluding hydrogens is 291 g/mol. The maximum absolute atomic E-state index is 12.2. The number of carboxylic acid groups (broad SMARTS) is 1. The summed E-state index contributed by atoms with van der Waals surface area (Å²) in [6.07, 6.45) is -3.61. The topological polar surface area (TPSA) is 79.4 Å². The first kappa shape index (κ1) is 14.6. The van der Waals surface area contributed by atoms with Crippen LogP contribution in [0.1, 0.15) is 10.4 Å². The third kappa shape index (κ3) is 3.62. The molecule has 0 spiro atoms. The number of benzene rings is 1. The Morgan fingerprint density at radius 1 is 1.19 bits per heavy atom. The average molecular weight is 299 g/mol. The highest BCUT2D eigenvalue weighted by Gasteiger charge is 2.31. The molecule has 1 aromatic carbocycles. The fraction of sp³-hybridized carbons (Fsp3) is 0.0769. The van der Waals surface area contributed by atoms with Crippen LogP contribution in [0.2, 0.25) is 0 Å². The van der Waals surface area contributed by atoms with Gasteiger partial charge in [0, 0.05) is 6.20 Å². The van der Waals surface area contributed by atoms with Crippen LogP contribution in [-0.4, -0.2) is 22.4 Å². The van der Waals surface area contributed by atoms with Gasteiger partial charge in [-0.05, 0) is 29.3 Å². The Labute approximate surface area is 115 Å². The Hall–Kier alpha value is -2.77. The van der Waals surface area contributed by atoms with E-state index in [4.69, 9.17) is 5.11 Å². The highest BCUT2D eigenvalue weighted by Crippen LogP contribution is 2.27. The van der Waals surface area contributed by atoms with Gasteiger partial charge < -0.3 is 14.8 Å². The van der Waals surface area contributed by atoms with Crippen molar-refractivity contribution in [1.29, 1.82) is 0 Å². The first-order valence-electron chi connectivity index (χ1n) is 5.58. The number of pyridine rings is 1. The second-order valence-electron chi connectivity index (χ2n) is 4.01. The number of rotatable bonds is 3. The third-order valence-electron chi connectivity index (χ3n) is 2.53. The molecule has 1 heterocycles. The normalized spacial score (nSPS) is 11.2. The molecule has 1 aromatic heterocycles. The number of carboxylic acids is 1. The number of aromatic amines is 1. The molecule has 0 unspecified atom stereocenters. The van der Waals surface area contributed by atoms with Gasteiger partial charge >= 0.3 is 12.3 Å². The van der Waals surface area contributed by atoms with Crippen molar-refractivity contribution in [3.8, 4) is 16.9 Å². The highest BCUT2D eigenvalue weighted by atomic mass is 19.4. The zero-order valence-corrected chi connectivity index (χ0v) is 10.3. The molecule has 0 aliphatic heterocycles. The van der Waals surface area contributed by atoms with Gasteiger partial charge in [-0.2, -0.15) is 0 Å². The van der Waals surface area contributed by atoms with E-state index in [0.29, 0.717) is 0 Å². The monoisotopic (exact) mass is 299 g/mol. The lowest BCUT2D eigenvalue weighted by Gasteiger charge is -2.10. The van der Waals surface area contributed by atoms with Crippen LogP contribution in [0.3, 0.4) is 0 Å². The Kier molecular flexibility index (Phi) is 3.70. The number of nitrogens with one attached hydrogen (secondary N) is 1. The summed E-state index contributed by atoms with van der Waals surface area (Å²) in [7, 11) is 0. The summed E-state index contributed by atoms with van der Waals surface area (Å²) < 4.78 is 40.2. The molecule has 0 aliphatic carbocycles. The Bertz CT molecular complexity index is 737. The standard InChI is InChI=1S/C13H8F3NO4/c14-13(15,16)21-9-3-1-2-7(4-9)8-5-10(12(19)20)11(18)17-6-8/h1-6H,(H,17,18)(H,19,20). The summed E-state index contributed by atoms with van der Waals surface area (Å²) in [5.41, 5.74) is -0.779. The van der Waals surface area contributed by atoms with Crippen LogP contribution in [0.25, 0.3) is 11.1 Å². The number of alkyl halides is 3. The number of hydrogen-bond acceptors (Lipinski definition) is 3. The van der Waals surface area contributed by atoms with Gasteiger partial charge in [0.15, 0.2) is 0 Å². The van der Waals surface area contributed by atoms with E-state index in [9.17, 15) is 22.8 Å². The fourth-order valence-electron chi connectivity index (χ4n) is 1.68. The van der Waals surface area contributed by atoms with Gasteiger partial charge in [-0.15, -0.1) is 13.2 Å². The molecule has 0 bridgehead atoms. The molecule has 0 aliphatic rings. The lowest BCUT2D eigenvalue weighted by Crippen LogP contribution is -2.17. The molecule has 0 saturated heterocycles. The molecule has 8 heteroatoms. The number of carbonyl (C=O) groups is 1. The molecule has 110 valence electrons. The second-order valence-corrected chi connectivity index (χ2v) is 4.01. The van der Waals surface area contributed by atoms with Gasteiger partial charge in [-0.3, -0.25) is 4.79 Å². The van der Waals surface area contributed by atoms with Crippen molar-refractivity contribution in [2.45, 2.75) is 6.36 Å². The lowest BCUT2D eigenvalue weighted by molar-refractivity contribution is -0.274. The van der Waals surface area contributed by atoms with E-state index >= 15 is 0 Å². The predicted molar refractivity (Wildman–Crippen MR) is 66.1 cm³/mol. The molecule has 5 nitrogen and oxygen atoms in total. The summed E-state index contributed by atoms with van der Waals surface area (Å²) in [5.74, 6) is -1.87. The van der Waals surface area contributed by atoms with Crippen LogP contribution in [0, 0.1) is 0 Å². The third-order valence-corrected chi connectivity index (χ3v) is 2.53. The number of H-pyrrole nitrogens is 1. The molecule has 2 aromatic rings. The number of aromatic carboxylic acids is 1. The Morgan fingerprint density at radius 2 is 1.90 bits per heavy atom. The molecule has 0 amide bonds. The minimum Gasteiger partial charge on any atom is -0.477 e. The van der Waals surface area contributed by atoms with Crippen LogP contribution < -0.4 is 10.3 Å². The molecule has 0 saturated carbocycles. The van der Waals surface area contributed by atoms with Crippen LogP contribution in [0.4, 0.5) is 13.2 Å².